The summed E-state index contributed by atoms with van der Waals surface area (Å²) in [6.07, 6.45) is 0. The summed E-state index contributed by atoms with van der Waals surface area (Å²) in [5.74, 6) is 0.625. The van der Waals surface area contributed by atoms with Crippen molar-refractivity contribution in [2.45, 2.75) is 12.7 Å². The number of benzene rings is 1. The lowest BCUT2D eigenvalue weighted by molar-refractivity contribution is -0.123. The van der Waals surface area contributed by atoms with E-state index in [0.717, 1.165) is 5.56 Å². The molecule has 1 amide bonds. The van der Waals surface area contributed by atoms with E-state index in [1.165, 1.54) is 23.2 Å². The third-order valence-corrected chi connectivity index (χ3v) is 2.96. The van der Waals surface area contributed by atoms with Gasteiger partial charge in [-0.2, -0.15) is 5.26 Å². The van der Waals surface area contributed by atoms with Crippen LogP contribution in [0.1, 0.15) is 12.5 Å². The van der Waals surface area contributed by atoms with Gasteiger partial charge in [0.25, 0.3) is 0 Å². The fourth-order valence-corrected chi connectivity index (χ4v) is 1.87. The Morgan fingerprint density at radius 1 is 1.47 bits per heavy atom. The Kier molecular flexibility index (Phi) is 4.72. The van der Waals surface area contributed by atoms with Gasteiger partial charge >= 0.3 is 0 Å². The van der Waals surface area contributed by atoms with Gasteiger partial charge in [-0.05, 0) is 17.5 Å². The lowest BCUT2D eigenvalue weighted by Crippen LogP contribution is -2.21. The van der Waals surface area contributed by atoms with Gasteiger partial charge in [0.05, 0.1) is 6.07 Å². The molecule has 15 heavy (non-hydrogen) atoms. The molecule has 0 aromatic heterocycles. The summed E-state index contributed by atoms with van der Waals surface area (Å²) >= 11 is 1.37. The van der Waals surface area contributed by atoms with Crippen molar-refractivity contribution in [1.82, 2.24) is 4.31 Å². The maximum atomic E-state index is 11.1. The summed E-state index contributed by atoms with van der Waals surface area (Å²) in [6.45, 7) is 1.60. The zero-order valence-corrected chi connectivity index (χ0v) is 9.33. The summed E-state index contributed by atoms with van der Waals surface area (Å²) in [6, 6.07) is 11.8. The van der Waals surface area contributed by atoms with Crippen molar-refractivity contribution in [3.63, 3.8) is 0 Å². The monoisotopic (exact) mass is 220 g/mol. The third kappa shape index (κ3) is 4.05. The van der Waals surface area contributed by atoms with Crippen LogP contribution in [0, 0.1) is 11.3 Å². The molecule has 0 aliphatic carbocycles. The molecule has 0 fully saturated rings. The average molecular weight is 220 g/mol. The van der Waals surface area contributed by atoms with Crippen molar-refractivity contribution in [2.24, 2.45) is 0 Å². The van der Waals surface area contributed by atoms with Crippen molar-refractivity contribution in [1.29, 1.82) is 5.26 Å². The molecule has 0 N–H and O–H groups in total. The molecule has 0 bridgehead atoms. The summed E-state index contributed by atoms with van der Waals surface area (Å²) in [5.41, 5.74) is 1.15. The average Bonchev–Trinajstić information content (AvgIpc) is 2.25. The molecule has 1 rings (SSSR count). The number of nitriles is 1. The molecule has 4 heteroatoms. The van der Waals surface area contributed by atoms with Crippen LogP contribution >= 0.6 is 11.9 Å². The van der Waals surface area contributed by atoms with Crippen LogP contribution in [0.25, 0.3) is 0 Å². The van der Waals surface area contributed by atoms with E-state index in [0.29, 0.717) is 5.75 Å². The molecule has 0 saturated heterocycles. The topological polar surface area (TPSA) is 44.1 Å². The molecule has 1 aromatic rings. The predicted octanol–water partition coefficient (Wildman–Crippen LogP) is 2.21. The van der Waals surface area contributed by atoms with Crippen LogP contribution in [0.5, 0.6) is 0 Å². The van der Waals surface area contributed by atoms with E-state index in [1.54, 1.807) is 0 Å². The lowest BCUT2D eigenvalue weighted by atomic mass is 10.2. The number of rotatable bonds is 4. The van der Waals surface area contributed by atoms with Crippen molar-refractivity contribution in [2.75, 3.05) is 6.54 Å². The van der Waals surface area contributed by atoms with Gasteiger partial charge < -0.3 is 0 Å². The highest BCUT2D eigenvalue weighted by Gasteiger charge is 2.08. The second kappa shape index (κ2) is 6.10. The molecule has 0 spiro atoms. The van der Waals surface area contributed by atoms with Gasteiger partial charge in [0.1, 0.15) is 6.54 Å². The maximum Gasteiger partial charge on any atom is 0.230 e. The highest BCUT2D eigenvalue weighted by Crippen LogP contribution is 2.16. The number of carbonyl (C=O) groups is 1. The Hall–Kier alpha value is -1.47. The Morgan fingerprint density at radius 3 is 2.67 bits per heavy atom. The number of nitrogens with zero attached hydrogens (tertiary/aromatic N) is 2. The van der Waals surface area contributed by atoms with E-state index in [1.807, 2.05) is 36.4 Å². The standard InChI is InChI=1S/C11H12N2OS/c1-10(14)13(8-7-12)15-9-11-5-3-2-4-6-11/h2-6H,8-9H2,1H3. The minimum atomic E-state index is -0.0857. The number of hydrogen-bond acceptors (Lipinski definition) is 3. The van der Waals surface area contributed by atoms with E-state index in [-0.39, 0.29) is 12.5 Å². The van der Waals surface area contributed by atoms with Crippen LogP contribution in [0.3, 0.4) is 0 Å². The van der Waals surface area contributed by atoms with Gasteiger partial charge in [0.2, 0.25) is 5.91 Å². The first-order valence-corrected chi connectivity index (χ1v) is 5.50. The van der Waals surface area contributed by atoms with E-state index in [4.69, 9.17) is 5.26 Å². The molecule has 0 radical (unpaired) electrons. The van der Waals surface area contributed by atoms with Crippen molar-refractivity contribution in [3.8, 4) is 6.07 Å². The first-order chi connectivity index (χ1) is 7.24. The van der Waals surface area contributed by atoms with Gasteiger partial charge in [-0.25, -0.2) is 0 Å². The van der Waals surface area contributed by atoms with Crippen molar-refractivity contribution < 1.29 is 4.79 Å². The molecular formula is C11H12N2OS. The zero-order chi connectivity index (χ0) is 11.1. The Bertz CT molecular complexity index is 359. The first-order valence-electron chi connectivity index (χ1n) is 4.56. The molecule has 0 heterocycles. The summed E-state index contributed by atoms with van der Waals surface area (Å²) in [4.78, 5) is 11.1. The molecule has 0 aliphatic heterocycles. The minimum absolute atomic E-state index is 0.0857. The number of hydrogen-bond donors (Lipinski definition) is 0. The molecule has 0 atom stereocenters. The van der Waals surface area contributed by atoms with Crippen LogP contribution in [0.4, 0.5) is 0 Å². The van der Waals surface area contributed by atoms with Crippen LogP contribution < -0.4 is 0 Å². The van der Waals surface area contributed by atoms with E-state index in [2.05, 4.69) is 0 Å². The Labute approximate surface area is 93.8 Å². The molecule has 0 saturated carbocycles. The van der Waals surface area contributed by atoms with Crippen LogP contribution in [0.15, 0.2) is 30.3 Å². The van der Waals surface area contributed by atoms with Crippen molar-refractivity contribution in [3.05, 3.63) is 35.9 Å². The smallest absolute Gasteiger partial charge is 0.230 e. The Morgan fingerprint density at radius 2 is 2.13 bits per heavy atom. The van der Waals surface area contributed by atoms with E-state index >= 15 is 0 Å². The van der Waals surface area contributed by atoms with Gasteiger partial charge in [-0.3, -0.25) is 9.10 Å². The third-order valence-electron chi connectivity index (χ3n) is 1.80. The number of amides is 1. The molecule has 0 unspecified atom stereocenters. The summed E-state index contributed by atoms with van der Waals surface area (Å²) in [7, 11) is 0. The van der Waals surface area contributed by atoms with E-state index < -0.39 is 0 Å². The van der Waals surface area contributed by atoms with Crippen LogP contribution in [-0.4, -0.2) is 16.8 Å². The quantitative estimate of drug-likeness (QED) is 0.577. The SMILES string of the molecule is CC(=O)N(CC#N)SCc1ccccc1. The Balaban J connectivity index is 2.48. The summed E-state index contributed by atoms with van der Waals surface area (Å²) in [5, 5.41) is 8.53. The van der Waals surface area contributed by atoms with Gasteiger partial charge in [0, 0.05) is 12.7 Å². The fraction of sp³-hybridized carbons (Fsp3) is 0.273. The minimum Gasteiger partial charge on any atom is -0.274 e. The largest absolute Gasteiger partial charge is 0.274 e. The highest BCUT2D eigenvalue weighted by atomic mass is 32.2. The zero-order valence-electron chi connectivity index (χ0n) is 8.51. The molecule has 1 aromatic carbocycles. The first kappa shape index (κ1) is 11.6. The van der Waals surface area contributed by atoms with Gasteiger partial charge in [-0.1, -0.05) is 30.3 Å². The molecule has 78 valence electrons. The van der Waals surface area contributed by atoms with Gasteiger partial charge in [-0.15, -0.1) is 0 Å². The van der Waals surface area contributed by atoms with Crippen LogP contribution in [0.2, 0.25) is 0 Å². The highest BCUT2D eigenvalue weighted by molar-refractivity contribution is 7.96. The molecular weight excluding hydrogens is 208 g/mol. The van der Waals surface area contributed by atoms with Crippen molar-refractivity contribution >= 4 is 17.9 Å². The van der Waals surface area contributed by atoms with Crippen LogP contribution in [-0.2, 0) is 10.5 Å². The molecule has 3 nitrogen and oxygen atoms in total. The second-order valence-corrected chi connectivity index (χ2v) is 3.96. The summed E-state index contributed by atoms with van der Waals surface area (Å²) < 4.78 is 1.47. The maximum absolute atomic E-state index is 11.1. The normalized spacial score (nSPS) is 9.33. The second-order valence-electron chi connectivity index (χ2n) is 2.97. The van der Waals surface area contributed by atoms with E-state index in [9.17, 15) is 4.79 Å². The fourth-order valence-electron chi connectivity index (χ4n) is 1.04. The van der Waals surface area contributed by atoms with Gasteiger partial charge in [0.15, 0.2) is 0 Å². The predicted molar refractivity (Wildman–Crippen MR) is 60.7 cm³/mol. The number of carbonyl (C=O) groups excluding carboxylic acids is 1. The lowest BCUT2D eigenvalue weighted by Gasteiger charge is -2.15. The molecule has 0 aliphatic rings.